The zero-order valence-corrected chi connectivity index (χ0v) is 12.0. The second-order valence-electron chi connectivity index (χ2n) is 4.77. The van der Waals surface area contributed by atoms with Crippen molar-refractivity contribution in [1.29, 1.82) is 0 Å². The predicted molar refractivity (Wildman–Crippen MR) is 72.9 cm³/mol. The van der Waals surface area contributed by atoms with Crippen LogP contribution in [0.25, 0.3) is 0 Å². The molecule has 17 heavy (non-hydrogen) atoms. The molecule has 0 bridgehead atoms. The topological polar surface area (TPSA) is 49.4 Å². The minimum atomic E-state index is -3.07. The van der Waals surface area contributed by atoms with Crippen molar-refractivity contribution < 1.29 is 8.42 Å². The molecule has 2 aliphatic heterocycles. The van der Waals surface area contributed by atoms with E-state index in [1.165, 1.54) is 0 Å². The van der Waals surface area contributed by atoms with E-state index in [1.54, 1.807) is 4.31 Å². The Morgan fingerprint density at radius 1 is 1.47 bits per heavy atom. The van der Waals surface area contributed by atoms with Crippen molar-refractivity contribution >= 4 is 21.8 Å². The molecule has 0 spiro atoms. The lowest BCUT2D eigenvalue weighted by Crippen LogP contribution is -2.50. The van der Waals surface area contributed by atoms with Crippen LogP contribution in [-0.2, 0) is 10.0 Å². The smallest absolute Gasteiger partial charge is 0.218 e. The molecular formula is C11H22N2O2S2. The zero-order valence-electron chi connectivity index (χ0n) is 10.4. The molecule has 2 rings (SSSR count). The largest absolute Gasteiger partial charge is 0.315 e. The van der Waals surface area contributed by atoms with Crippen molar-refractivity contribution in [3.8, 4) is 0 Å². The molecule has 0 amide bonds. The molecule has 2 fully saturated rings. The second kappa shape index (κ2) is 5.91. The van der Waals surface area contributed by atoms with Crippen LogP contribution in [0.5, 0.6) is 0 Å². The Bertz CT molecular complexity index is 339. The number of rotatable bonds is 3. The van der Waals surface area contributed by atoms with Gasteiger partial charge in [0.05, 0.1) is 5.25 Å². The van der Waals surface area contributed by atoms with Crippen LogP contribution in [0.2, 0.25) is 0 Å². The van der Waals surface area contributed by atoms with Crippen LogP contribution >= 0.6 is 11.8 Å². The first-order valence-electron chi connectivity index (χ1n) is 6.46. The molecule has 100 valence electrons. The van der Waals surface area contributed by atoms with E-state index in [-0.39, 0.29) is 5.25 Å². The molecule has 0 radical (unpaired) electrons. The molecule has 0 aliphatic carbocycles. The van der Waals surface area contributed by atoms with Gasteiger partial charge in [0.25, 0.3) is 0 Å². The summed E-state index contributed by atoms with van der Waals surface area (Å²) in [6, 6.07) is 0. The van der Waals surface area contributed by atoms with Crippen LogP contribution in [0.15, 0.2) is 0 Å². The van der Waals surface area contributed by atoms with Crippen LogP contribution in [0.3, 0.4) is 0 Å². The van der Waals surface area contributed by atoms with Gasteiger partial charge >= 0.3 is 0 Å². The van der Waals surface area contributed by atoms with Crippen LogP contribution in [0.4, 0.5) is 0 Å². The summed E-state index contributed by atoms with van der Waals surface area (Å²) < 4.78 is 26.7. The summed E-state index contributed by atoms with van der Waals surface area (Å²) in [5.41, 5.74) is 0. The van der Waals surface area contributed by atoms with Gasteiger partial charge in [-0.25, -0.2) is 8.42 Å². The van der Waals surface area contributed by atoms with Gasteiger partial charge < -0.3 is 5.32 Å². The van der Waals surface area contributed by atoms with Gasteiger partial charge in [-0.05, 0) is 25.8 Å². The number of piperidine rings is 1. The second-order valence-corrected chi connectivity index (χ2v) is 8.39. The van der Waals surface area contributed by atoms with Crippen LogP contribution in [0, 0.1) is 0 Å². The third kappa shape index (κ3) is 3.16. The average molecular weight is 278 g/mol. The third-order valence-electron chi connectivity index (χ3n) is 3.59. The van der Waals surface area contributed by atoms with E-state index in [2.05, 4.69) is 12.2 Å². The zero-order chi connectivity index (χ0) is 12.3. The van der Waals surface area contributed by atoms with Gasteiger partial charge in [-0.1, -0.05) is 6.92 Å². The highest BCUT2D eigenvalue weighted by atomic mass is 32.2. The minimum Gasteiger partial charge on any atom is -0.315 e. The molecular weight excluding hydrogens is 256 g/mol. The van der Waals surface area contributed by atoms with Crippen LogP contribution < -0.4 is 5.32 Å². The molecule has 2 atom stereocenters. The molecule has 0 aromatic carbocycles. The van der Waals surface area contributed by atoms with Crippen molar-refractivity contribution in [1.82, 2.24) is 9.62 Å². The van der Waals surface area contributed by atoms with Crippen molar-refractivity contribution in [3.63, 3.8) is 0 Å². The fourth-order valence-corrected chi connectivity index (χ4v) is 5.79. The fourth-order valence-electron chi connectivity index (χ4n) is 2.46. The highest BCUT2D eigenvalue weighted by molar-refractivity contribution is 8.00. The molecule has 2 heterocycles. The quantitative estimate of drug-likeness (QED) is 0.833. The van der Waals surface area contributed by atoms with Crippen molar-refractivity contribution in [2.24, 2.45) is 0 Å². The summed E-state index contributed by atoms with van der Waals surface area (Å²) in [7, 11) is -3.07. The lowest BCUT2D eigenvalue weighted by molar-refractivity contribution is 0.394. The average Bonchev–Trinajstić information content (AvgIpc) is 2.40. The maximum Gasteiger partial charge on any atom is 0.218 e. The molecule has 2 saturated heterocycles. The highest BCUT2D eigenvalue weighted by Gasteiger charge is 2.35. The number of thioether (sulfide) groups is 1. The molecule has 2 aliphatic rings. The molecule has 1 N–H and O–H groups in total. The fraction of sp³-hybridized carbons (Fsp3) is 1.00. The maximum atomic E-state index is 12.5. The monoisotopic (exact) mass is 278 g/mol. The van der Waals surface area contributed by atoms with E-state index in [9.17, 15) is 8.42 Å². The Hall–Kier alpha value is 0.220. The van der Waals surface area contributed by atoms with Gasteiger partial charge in [0, 0.05) is 30.6 Å². The lowest BCUT2D eigenvalue weighted by Gasteiger charge is -2.35. The molecule has 0 aromatic rings. The van der Waals surface area contributed by atoms with Crippen molar-refractivity contribution in [2.75, 3.05) is 31.9 Å². The van der Waals surface area contributed by atoms with E-state index in [1.807, 2.05) is 11.8 Å². The van der Waals surface area contributed by atoms with Crippen LogP contribution in [-0.4, -0.2) is 55.2 Å². The van der Waals surface area contributed by atoms with Crippen molar-refractivity contribution in [3.05, 3.63) is 0 Å². The molecule has 0 aromatic heterocycles. The van der Waals surface area contributed by atoms with Crippen molar-refractivity contribution in [2.45, 2.75) is 36.7 Å². The number of sulfonamides is 1. The normalized spacial score (nSPS) is 32.5. The SMILES string of the molecule is CCC1CN(S(=O)(=O)C2CCCNC2)CCS1. The Morgan fingerprint density at radius 3 is 2.94 bits per heavy atom. The minimum absolute atomic E-state index is 0.197. The molecule has 0 saturated carbocycles. The lowest BCUT2D eigenvalue weighted by atomic mass is 10.2. The highest BCUT2D eigenvalue weighted by Crippen LogP contribution is 2.26. The van der Waals surface area contributed by atoms with Gasteiger partial charge in [0.15, 0.2) is 0 Å². The molecule has 4 nitrogen and oxygen atoms in total. The maximum absolute atomic E-state index is 12.5. The predicted octanol–water partition coefficient (Wildman–Crippen LogP) is 0.896. The van der Waals surface area contributed by atoms with E-state index in [0.717, 1.165) is 31.6 Å². The van der Waals surface area contributed by atoms with E-state index in [0.29, 0.717) is 24.9 Å². The molecule has 6 heteroatoms. The Balaban J connectivity index is 2.03. The van der Waals surface area contributed by atoms with Gasteiger partial charge in [0.1, 0.15) is 0 Å². The summed E-state index contributed by atoms with van der Waals surface area (Å²) >= 11 is 1.91. The van der Waals surface area contributed by atoms with Gasteiger partial charge in [0.2, 0.25) is 10.0 Å². The third-order valence-corrected chi connectivity index (χ3v) is 7.26. The van der Waals surface area contributed by atoms with Gasteiger partial charge in [-0.2, -0.15) is 16.1 Å². The number of hydrogen-bond acceptors (Lipinski definition) is 4. The summed E-state index contributed by atoms with van der Waals surface area (Å²) in [5.74, 6) is 0.942. The standard InChI is InChI=1S/C11H22N2O2S2/c1-2-10-9-13(6-7-16-10)17(14,15)11-4-3-5-12-8-11/h10-12H,2-9H2,1H3. The summed E-state index contributed by atoms with van der Waals surface area (Å²) in [6.45, 7) is 5.12. The van der Waals surface area contributed by atoms with E-state index in [4.69, 9.17) is 0 Å². The summed E-state index contributed by atoms with van der Waals surface area (Å²) in [4.78, 5) is 0. The number of nitrogens with zero attached hydrogens (tertiary/aromatic N) is 1. The van der Waals surface area contributed by atoms with E-state index >= 15 is 0 Å². The Labute approximate surface area is 109 Å². The summed E-state index contributed by atoms with van der Waals surface area (Å²) in [5, 5.41) is 3.48. The number of hydrogen-bond donors (Lipinski definition) is 1. The van der Waals surface area contributed by atoms with Gasteiger partial charge in [-0.3, -0.25) is 0 Å². The van der Waals surface area contributed by atoms with Crippen LogP contribution in [0.1, 0.15) is 26.2 Å². The Morgan fingerprint density at radius 2 is 2.29 bits per heavy atom. The number of nitrogens with one attached hydrogen (secondary N) is 1. The molecule has 2 unspecified atom stereocenters. The first-order valence-corrected chi connectivity index (χ1v) is 9.01. The van der Waals surface area contributed by atoms with E-state index < -0.39 is 10.0 Å². The first kappa shape index (κ1) is 13.6. The van der Waals surface area contributed by atoms with Gasteiger partial charge in [-0.15, -0.1) is 0 Å². The first-order chi connectivity index (χ1) is 8.14. The summed E-state index contributed by atoms with van der Waals surface area (Å²) in [6.07, 6.45) is 2.85. The Kier molecular flexibility index (Phi) is 4.74.